The van der Waals surface area contributed by atoms with Crippen LogP contribution in [0.15, 0.2) is 73.3 Å². The van der Waals surface area contributed by atoms with Crippen LogP contribution < -0.4 is 9.47 Å². The minimum absolute atomic E-state index is 0.0899. The number of allylic oxidation sites excluding steroid dienone is 1. The van der Waals surface area contributed by atoms with E-state index in [-0.39, 0.29) is 24.9 Å². The lowest BCUT2D eigenvalue weighted by molar-refractivity contribution is -0.0203. The van der Waals surface area contributed by atoms with Crippen LogP contribution in [0.5, 0.6) is 11.5 Å². The third kappa shape index (κ3) is 7.68. The van der Waals surface area contributed by atoms with Gasteiger partial charge in [-0.15, -0.1) is 6.58 Å². The highest BCUT2D eigenvalue weighted by Crippen LogP contribution is 2.32. The maximum atomic E-state index is 9.98. The molecule has 3 rings (SSSR count). The maximum Gasteiger partial charge on any atom is 0.166 e. The summed E-state index contributed by atoms with van der Waals surface area (Å²) < 4.78 is 18.9. The molecule has 4 heteroatoms. The molecule has 0 aliphatic carbocycles. The second-order valence-corrected chi connectivity index (χ2v) is 8.53. The third-order valence-electron chi connectivity index (χ3n) is 6.01. The fraction of sp³-hybridized carbons (Fsp3) is 0.500. The standard InChI is InChI=1S/C28H38O4/c1-2-3-4-5-6-7-8-9-16-21-25-27(30-23-17-12-10-13-18-23)28(26(22-29)32-25)31-24-19-14-11-15-20-24/h2,10-15,17-20,25-29H,1,3-9,16,21-22H2/t25-,26+,27+,28+/m0/s1. The number of aliphatic hydroxyl groups excluding tert-OH is 1. The molecule has 1 aliphatic heterocycles. The first-order valence-corrected chi connectivity index (χ1v) is 12.1. The average Bonchev–Trinajstić information content (AvgIpc) is 3.15. The molecule has 4 nitrogen and oxygen atoms in total. The summed E-state index contributed by atoms with van der Waals surface area (Å²) in [5.41, 5.74) is 0. The molecule has 0 saturated carbocycles. The number of ether oxygens (including phenoxy) is 3. The minimum Gasteiger partial charge on any atom is -0.484 e. The lowest BCUT2D eigenvalue weighted by atomic mass is 10.0. The number of aliphatic hydroxyl groups is 1. The Morgan fingerprint density at radius 1 is 0.719 bits per heavy atom. The molecule has 4 atom stereocenters. The summed E-state index contributed by atoms with van der Waals surface area (Å²) in [4.78, 5) is 0. The SMILES string of the molecule is C=CCCCCCCCCC[C@@H]1O[C@H](CO)[C@@H](Oc2ccccc2)[C@@H]1Oc1ccccc1. The summed E-state index contributed by atoms with van der Waals surface area (Å²) in [7, 11) is 0. The number of para-hydroxylation sites is 2. The average molecular weight is 439 g/mol. The Kier molecular flexibility index (Phi) is 10.6. The van der Waals surface area contributed by atoms with Crippen LogP contribution in [-0.2, 0) is 4.74 Å². The molecular formula is C28H38O4. The Bertz CT molecular complexity index is 749. The van der Waals surface area contributed by atoms with Crippen molar-refractivity contribution in [3.63, 3.8) is 0 Å². The first-order valence-electron chi connectivity index (χ1n) is 12.1. The molecule has 2 aromatic carbocycles. The first kappa shape index (κ1) is 24.3. The molecule has 1 saturated heterocycles. The summed E-state index contributed by atoms with van der Waals surface area (Å²) in [5, 5.41) is 9.98. The molecule has 0 radical (unpaired) electrons. The smallest absolute Gasteiger partial charge is 0.166 e. The van der Waals surface area contributed by atoms with E-state index in [0.29, 0.717) is 0 Å². The van der Waals surface area contributed by atoms with Crippen molar-refractivity contribution < 1.29 is 19.3 Å². The summed E-state index contributed by atoms with van der Waals surface area (Å²) in [6, 6.07) is 19.5. The van der Waals surface area contributed by atoms with Crippen LogP contribution in [-0.4, -0.2) is 36.1 Å². The summed E-state index contributed by atoms with van der Waals surface area (Å²) in [5.74, 6) is 1.56. The van der Waals surface area contributed by atoms with Gasteiger partial charge in [-0.3, -0.25) is 0 Å². The Balaban J connectivity index is 1.56. The zero-order chi connectivity index (χ0) is 22.4. The van der Waals surface area contributed by atoms with Crippen LogP contribution in [0.4, 0.5) is 0 Å². The Morgan fingerprint density at radius 2 is 1.22 bits per heavy atom. The van der Waals surface area contributed by atoms with Gasteiger partial charge in [-0.25, -0.2) is 0 Å². The lowest BCUT2D eigenvalue weighted by Gasteiger charge is -2.26. The highest BCUT2D eigenvalue weighted by Gasteiger charge is 2.47. The summed E-state index contributed by atoms with van der Waals surface area (Å²) >= 11 is 0. The van der Waals surface area contributed by atoms with Crippen molar-refractivity contribution in [2.45, 2.75) is 82.2 Å². The van der Waals surface area contributed by atoms with E-state index in [9.17, 15) is 5.11 Å². The predicted molar refractivity (Wildman–Crippen MR) is 129 cm³/mol. The summed E-state index contributed by atoms with van der Waals surface area (Å²) in [6.07, 6.45) is 11.5. The van der Waals surface area contributed by atoms with Gasteiger partial charge in [0.05, 0.1) is 12.7 Å². The second kappa shape index (κ2) is 14.0. The van der Waals surface area contributed by atoms with E-state index in [4.69, 9.17) is 14.2 Å². The van der Waals surface area contributed by atoms with E-state index >= 15 is 0 Å². The Morgan fingerprint density at radius 3 is 1.75 bits per heavy atom. The lowest BCUT2D eigenvalue weighted by Crippen LogP contribution is -2.42. The van der Waals surface area contributed by atoms with Gasteiger partial charge in [-0.1, -0.05) is 81.0 Å². The fourth-order valence-corrected chi connectivity index (χ4v) is 4.30. The van der Waals surface area contributed by atoms with Crippen LogP contribution >= 0.6 is 0 Å². The molecule has 2 aromatic rings. The van der Waals surface area contributed by atoms with Gasteiger partial charge in [0.1, 0.15) is 17.6 Å². The molecule has 0 unspecified atom stereocenters. The van der Waals surface area contributed by atoms with Crippen molar-refractivity contribution in [2.24, 2.45) is 0 Å². The fourth-order valence-electron chi connectivity index (χ4n) is 4.30. The van der Waals surface area contributed by atoms with Crippen molar-refractivity contribution in [3.05, 3.63) is 73.3 Å². The van der Waals surface area contributed by atoms with Crippen molar-refractivity contribution in [1.29, 1.82) is 0 Å². The number of hydrogen-bond donors (Lipinski definition) is 1. The van der Waals surface area contributed by atoms with E-state index < -0.39 is 6.10 Å². The highest BCUT2D eigenvalue weighted by atomic mass is 16.6. The van der Waals surface area contributed by atoms with Gasteiger partial charge < -0.3 is 19.3 Å². The van der Waals surface area contributed by atoms with Gasteiger partial charge in [0.25, 0.3) is 0 Å². The van der Waals surface area contributed by atoms with E-state index in [0.717, 1.165) is 30.8 Å². The zero-order valence-electron chi connectivity index (χ0n) is 19.1. The minimum atomic E-state index is -0.404. The van der Waals surface area contributed by atoms with Crippen LogP contribution in [0.2, 0.25) is 0 Å². The monoisotopic (exact) mass is 438 g/mol. The first-order chi connectivity index (χ1) is 15.8. The van der Waals surface area contributed by atoms with Gasteiger partial charge in [0.15, 0.2) is 12.2 Å². The predicted octanol–water partition coefficient (Wildman–Crippen LogP) is 6.34. The van der Waals surface area contributed by atoms with Gasteiger partial charge in [0.2, 0.25) is 0 Å². The van der Waals surface area contributed by atoms with E-state index in [1.54, 1.807) is 0 Å². The summed E-state index contributed by atoms with van der Waals surface area (Å²) in [6.45, 7) is 3.69. The van der Waals surface area contributed by atoms with E-state index in [1.807, 2.05) is 66.7 Å². The van der Waals surface area contributed by atoms with Crippen LogP contribution in [0.1, 0.15) is 57.8 Å². The Hall–Kier alpha value is -2.30. The maximum absolute atomic E-state index is 9.98. The molecule has 32 heavy (non-hydrogen) atoms. The largest absolute Gasteiger partial charge is 0.484 e. The highest BCUT2D eigenvalue weighted by molar-refractivity contribution is 5.24. The quantitative estimate of drug-likeness (QED) is 0.260. The molecular weight excluding hydrogens is 400 g/mol. The van der Waals surface area contributed by atoms with Gasteiger partial charge in [-0.2, -0.15) is 0 Å². The molecule has 1 fully saturated rings. The molecule has 1 aliphatic rings. The number of benzene rings is 2. The van der Waals surface area contributed by atoms with Crippen molar-refractivity contribution in [2.75, 3.05) is 6.61 Å². The van der Waals surface area contributed by atoms with E-state index in [2.05, 4.69) is 6.58 Å². The van der Waals surface area contributed by atoms with Crippen molar-refractivity contribution in [3.8, 4) is 11.5 Å². The third-order valence-corrected chi connectivity index (χ3v) is 6.01. The second-order valence-electron chi connectivity index (χ2n) is 8.53. The Labute approximate surface area is 193 Å². The van der Waals surface area contributed by atoms with E-state index in [1.165, 1.54) is 38.5 Å². The van der Waals surface area contributed by atoms with Crippen molar-refractivity contribution >= 4 is 0 Å². The molecule has 0 bridgehead atoms. The van der Waals surface area contributed by atoms with Crippen LogP contribution in [0.3, 0.4) is 0 Å². The van der Waals surface area contributed by atoms with Gasteiger partial charge >= 0.3 is 0 Å². The normalized spacial score (nSPS) is 22.5. The van der Waals surface area contributed by atoms with Crippen LogP contribution in [0.25, 0.3) is 0 Å². The molecule has 174 valence electrons. The van der Waals surface area contributed by atoms with Gasteiger partial charge in [0, 0.05) is 0 Å². The molecule has 0 amide bonds. The topological polar surface area (TPSA) is 47.9 Å². The van der Waals surface area contributed by atoms with Gasteiger partial charge in [-0.05, 0) is 43.5 Å². The molecule has 1 heterocycles. The van der Waals surface area contributed by atoms with Crippen molar-refractivity contribution in [1.82, 2.24) is 0 Å². The molecule has 0 spiro atoms. The molecule has 1 N–H and O–H groups in total. The zero-order valence-corrected chi connectivity index (χ0v) is 19.1. The number of hydrogen-bond acceptors (Lipinski definition) is 4. The number of unbranched alkanes of at least 4 members (excludes halogenated alkanes) is 7. The number of rotatable bonds is 15. The molecule has 0 aromatic heterocycles. The van der Waals surface area contributed by atoms with Crippen LogP contribution in [0, 0.1) is 0 Å².